The second-order valence-corrected chi connectivity index (χ2v) is 5.39. The van der Waals surface area contributed by atoms with Gasteiger partial charge in [-0.25, -0.2) is 0 Å². The molecule has 1 amide bonds. The average Bonchev–Trinajstić information content (AvgIpc) is 2.57. The standard InChI is InChI=1S/C19H23NO3/c1-5-15-8-6-7-13(2)18(15)20-19(21)14(3)23-17-11-9-16(22-4)10-12-17/h6-12,14H,5H2,1-4H3,(H,20,21). The maximum absolute atomic E-state index is 12.4. The second kappa shape index (κ2) is 7.68. The van der Waals surface area contributed by atoms with Gasteiger partial charge in [0.1, 0.15) is 11.5 Å². The largest absolute Gasteiger partial charge is 0.497 e. The number of aryl methyl sites for hydroxylation is 2. The molecule has 1 atom stereocenters. The number of amides is 1. The van der Waals surface area contributed by atoms with E-state index < -0.39 is 6.10 Å². The van der Waals surface area contributed by atoms with Crippen LogP contribution in [0.5, 0.6) is 11.5 Å². The summed E-state index contributed by atoms with van der Waals surface area (Å²) in [6.45, 7) is 5.80. The number of nitrogens with one attached hydrogen (secondary N) is 1. The number of carbonyl (C=O) groups excluding carboxylic acids is 1. The van der Waals surface area contributed by atoms with Crippen molar-refractivity contribution < 1.29 is 14.3 Å². The molecule has 2 rings (SSSR count). The van der Waals surface area contributed by atoms with Crippen LogP contribution in [0.25, 0.3) is 0 Å². The second-order valence-electron chi connectivity index (χ2n) is 5.39. The predicted molar refractivity (Wildman–Crippen MR) is 92.3 cm³/mol. The van der Waals surface area contributed by atoms with Crippen LogP contribution >= 0.6 is 0 Å². The summed E-state index contributed by atoms with van der Waals surface area (Å²) in [5, 5.41) is 2.98. The minimum atomic E-state index is -0.590. The van der Waals surface area contributed by atoms with Crippen molar-refractivity contribution in [1.82, 2.24) is 0 Å². The number of anilines is 1. The van der Waals surface area contributed by atoms with Crippen molar-refractivity contribution in [3.63, 3.8) is 0 Å². The number of carbonyl (C=O) groups is 1. The number of methoxy groups -OCH3 is 1. The lowest BCUT2D eigenvalue weighted by Crippen LogP contribution is -2.30. The van der Waals surface area contributed by atoms with Crippen molar-refractivity contribution in [2.45, 2.75) is 33.3 Å². The summed E-state index contributed by atoms with van der Waals surface area (Å²) in [5.41, 5.74) is 3.05. The van der Waals surface area contributed by atoms with Gasteiger partial charge in [0.05, 0.1) is 7.11 Å². The third-order valence-electron chi connectivity index (χ3n) is 3.73. The van der Waals surface area contributed by atoms with Gasteiger partial charge in [0.25, 0.3) is 5.91 Å². The number of hydrogen-bond acceptors (Lipinski definition) is 3. The molecule has 1 N–H and O–H groups in total. The highest BCUT2D eigenvalue weighted by molar-refractivity contribution is 5.95. The zero-order chi connectivity index (χ0) is 16.8. The molecule has 0 heterocycles. The molecule has 0 radical (unpaired) electrons. The van der Waals surface area contributed by atoms with Gasteiger partial charge in [-0.2, -0.15) is 0 Å². The molecule has 23 heavy (non-hydrogen) atoms. The van der Waals surface area contributed by atoms with E-state index in [2.05, 4.69) is 12.2 Å². The third-order valence-corrected chi connectivity index (χ3v) is 3.73. The molecule has 2 aromatic carbocycles. The molecule has 0 aliphatic carbocycles. The number of benzene rings is 2. The van der Waals surface area contributed by atoms with Crippen molar-refractivity contribution in [1.29, 1.82) is 0 Å². The van der Waals surface area contributed by atoms with E-state index in [-0.39, 0.29) is 5.91 Å². The zero-order valence-corrected chi connectivity index (χ0v) is 14.1. The minimum Gasteiger partial charge on any atom is -0.497 e. The summed E-state index contributed by atoms with van der Waals surface area (Å²) in [4.78, 5) is 12.4. The van der Waals surface area contributed by atoms with Gasteiger partial charge in [-0.15, -0.1) is 0 Å². The first kappa shape index (κ1) is 16.9. The molecule has 122 valence electrons. The molecule has 0 saturated heterocycles. The van der Waals surface area contributed by atoms with Crippen LogP contribution in [0.4, 0.5) is 5.69 Å². The van der Waals surface area contributed by atoms with Gasteiger partial charge in [-0.1, -0.05) is 25.1 Å². The van der Waals surface area contributed by atoms with Gasteiger partial charge in [-0.3, -0.25) is 4.79 Å². The molecule has 0 fully saturated rings. The van der Waals surface area contributed by atoms with Crippen LogP contribution in [-0.4, -0.2) is 19.1 Å². The molecule has 4 heteroatoms. The Morgan fingerprint density at radius 1 is 1.13 bits per heavy atom. The summed E-state index contributed by atoms with van der Waals surface area (Å²) >= 11 is 0. The zero-order valence-electron chi connectivity index (χ0n) is 14.1. The van der Waals surface area contributed by atoms with Gasteiger partial charge < -0.3 is 14.8 Å². The van der Waals surface area contributed by atoms with Gasteiger partial charge >= 0.3 is 0 Å². The lowest BCUT2D eigenvalue weighted by molar-refractivity contribution is -0.122. The first-order chi connectivity index (χ1) is 11.0. The fourth-order valence-electron chi connectivity index (χ4n) is 2.34. The Bertz CT molecular complexity index is 665. The maximum Gasteiger partial charge on any atom is 0.265 e. The van der Waals surface area contributed by atoms with Crippen LogP contribution in [0, 0.1) is 6.92 Å². The molecule has 0 aliphatic rings. The summed E-state index contributed by atoms with van der Waals surface area (Å²) < 4.78 is 10.8. The molecule has 2 aromatic rings. The van der Waals surface area contributed by atoms with Crippen molar-refractivity contribution in [2.75, 3.05) is 12.4 Å². The van der Waals surface area contributed by atoms with Gasteiger partial charge in [0.15, 0.2) is 6.10 Å². The van der Waals surface area contributed by atoms with Crippen LogP contribution in [0.2, 0.25) is 0 Å². The lowest BCUT2D eigenvalue weighted by atomic mass is 10.1. The van der Waals surface area contributed by atoms with E-state index in [4.69, 9.17) is 9.47 Å². The molecule has 0 spiro atoms. The van der Waals surface area contributed by atoms with E-state index in [0.717, 1.165) is 29.0 Å². The summed E-state index contributed by atoms with van der Waals surface area (Å²) in [7, 11) is 1.61. The molecule has 0 saturated carbocycles. The SMILES string of the molecule is CCc1cccc(C)c1NC(=O)C(C)Oc1ccc(OC)cc1. The first-order valence-electron chi connectivity index (χ1n) is 7.75. The van der Waals surface area contributed by atoms with Crippen LogP contribution in [-0.2, 0) is 11.2 Å². The highest BCUT2D eigenvalue weighted by Crippen LogP contribution is 2.22. The first-order valence-corrected chi connectivity index (χ1v) is 7.75. The monoisotopic (exact) mass is 313 g/mol. The quantitative estimate of drug-likeness (QED) is 0.877. The predicted octanol–water partition coefficient (Wildman–Crippen LogP) is 3.97. The Hall–Kier alpha value is -2.49. The van der Waals surface area contributed by atoms with Crippen molar-refractivity contribution in [3.8, 4) is 11.5 Å². The van der Waals surface area contributed by atoms with Gasteiger partial charge in [0, 0.05) is 5.69 Å². The summed E-state index contributed by atoms with van der Waals surface area (Å²) in [6.07, 6.45) is 0.276. The fourth-order valence-corrected chi connectivity index (χ4v) is 2.34. The van der Waals surface area contributed by atoms with Crippen LogP contribution in [0.15, 0.2) is 42.5 Å². The molecule has 1 unspecified atom stereocenters. The molecular weight excluding hydrogens is 290 g/mol. The maximum atomic E-state index is 12.4. The lowest BCUT2D eigenvalue weighted by Gasteiger charge is -2.18. The molecule has 0 bridgehead atoms. The topological polar surface area (TPSA) is 47.6 Å². The Morgan fingerprint density at radius 2 is 1.78 bits per heavy atom. The van der Waals surface area contributed by atoms with Crippen molar-refractivity contribution >= 4 is 11.6 Å². The third kappa shape index (κ3) is 4.25. The fraction of sp³-hybridized carbons (Fsp3) is 0.316. The van der Waals surface area contributed by atoms with E-state index >= 15 is 0 Å². The van der Waals surface area contributed by atoms with E-state index in [9.17, 15) is 4.79 Å². The van der Waals surface area contributed by atoms with Crippen LogP contribution < -0.4 is 14.8 Å². The Morgan fingerprint density at radius 3 is 2.39 bits per heavy atom. The van der Waals surface area contributed by atoms with Gasteiger partial charge in [0.2, 0.25) is 0 Å². The molecule has 4 nitrogen and oxygen atoms in total. The molecule has 0 aliphatic heterocycles. The molecule has 0 aromatic heterocycles. The van der Waals surface area contributed by atoms with Gasteiger partial charge in [-0.05, 0) is 55.7 Å². The highest BCUT2D eigenvalue weighted by Gasteiger charge is 2.17. The van der Waals surface area contributed by atoms with Crippen molar-refractivity contribution in [2.24, 2.45) is 0 Å². The smallest absolute Gasteiger partial charge is 0.265 e. The summed E-state index contributed by atoms with van der Waals surface area (Å²) in [6, 6.07) is 13.2. The number of hydrogen-bond donors (Lipinski definition) is 1. The van der Waals surface area contributed by atoms with Crippen LogP contribution in [0.3, 0.4) is 0 Å². The van der Waals surface area contributed by atoms with Crippen LogP contribution in [0.1, 0.15) is 25.0 Å². The highest BCUT2D eigenvalue weighted by atomic mass is 16.5. The van der Waals surface area contributed by atoms with E-state index in [0.29, 0.717) is 5.75 Å². The Balaban J connectivity index is 2.05. The molecular formula is C19H23NO3. The normalized spacial score (nSPS) is 11.7. The van der Waals surface area contributed by atoms with E-state index in [1.165, 1.54) is 0 Å². The number of rotatable bonds is 6. The van der Waals surface area contributed by atoms with E-state index in [1.807, 2.05) is 25.1 Å². The minimum absolute atomic E-state index is 0.162. The van der Waals surface area contributed by atoms with E-state index in [1.54, 1.807) is 38.3 Å². The van der Waals surface area contributed by atoms with Crippen molar-refractivity contribution in [3.05, 3.63) is 53.6 Å². The average molecular weight is 313 g/mol. The Kier molecular flexibility index (Phi) is 5.63. The number of para-hydroxylation sites is 1. The summed E-state index contributed by atoms with van der Waals surface area (Å²) in [5.74, 6) is 1.22. The Labute approximate surface area is 137 Å². The number of ether oxygens (including phenoxy) is 2.